The number of alkyl halides is 3. The highest BCUT2D eigenvalue weighted by molar-refractivity contribution is 5.49. The molecule has 0 aliphatic carbocycles. The van der Waals surface area contributed by atoms with Crippen LogP contribution in [0.1, 0.15) is 29.4 Å². The number of hydrogen-bond acceptors (Lipinski definition) is 4. The molecule has 0 radical (unpaired) electrons. The third kappa shape index (κ3) is 2.41. The highest BCUT2D eigenvalue weighted by Crippen LogP contribution is 2.33. The molecule has 0 saturated heterocycles. The van der Waals surface area contributed by atoms with E-state index in [1.807, 2.05) is 19.1 Å². The van der Waals surface area contributed by atoms with Crippen molar-refractivity contribution in [3.05, 3.63) is 35.2 Å². The zero-order valence-electron chi connectivity index (χ0n) is 11.3. The summed E-state index contributed by atoms with van der Waals surface area (Å²) < 4.78 is 39.5. The Hall–Kier alpha value is -2.25. The van der Waals surface area contributed by atoms with Gasteiger partial charge in [-0.15, -0.1) is 5.10 Å². The summed E-state index contributed by atoms with van der Waals surface area (Å²) in [4.78, 5) is 3.52. The van der Waals surface area contributed by atoms with Gasteiger partial charge in [0.1, 0.15) is 0 Å². The zero-order chi connectivity index (χ0) is 15.2. The van der Waals surface area contributed by atoms with Crippen LogP contribution < -0.4 is 11.1 Å². The Morgan fingerprint density at radius 2 is 2.14 bits per heavy atom. The molecule has 1 unspecified atom stereocenters. The van der Waals surface area contributed by atoms with E-state index in [0.717, 1.165) is 11.1 Å². The first-order chi connectivity index (χ1) is 9.86. The van der Waals surface area contributed by atoms with Gasteiger partial charge in [0.25, 0.3) is 5.82 Å². The van der Waals surface area contributed by atoms with E-state index in [4.69, 9.17) is 5.73 Å². The third-order valence-electron chi connectivity index (χ3n) is 3.57. The molecule has 2 aromatic rings. The van der Waals surface area contributed by atoms with E-state index in [2.05, 4.69) is 15.4 Å². The molecule has 0 bridgehead atoms. The lowest BCUT2D eigenvalue weighted by Crippen LogP contribution is -2.25. The Labute approximate surface area is 119 Å². The molecule has 0 saturated carbocycles. The highest BCUT2D eigenvalue weighted by atomic mass is 19.4. The SMILES string of the molecule is Cc1ccc(C2CCNc3nc(C(F)(F)F)nn32)cc1N. The van der Waals surface area contributed by atoms with Gasteiger partial charge < -0.3 is 11.1 Å². The first kappa shape index (κ1) is 13.7. The number of nitrogens with two attached hydrogens (primary N) is 1. The molecule has 1 atom stereocenters. The van der Waals surface area contributed by atoms with Gasteiger partial charge >= 0.3 is 6.18 Å². The van der Waals surface area contributed by atoms with Crippen molar-refractivity contribution in [1.29, 1.82) is 0 Å². The quantitative estimate of drug-likeness (QED) is 0.794. The number of nitrogen functional groups attached to an aromatic ring is 1. The van der Waals surface area contributed by atoms with E-state index in [1.165, 1.54) is 4.68 Å². The summed E-state index contributed by atoms with van der Waals surface area (Å²) in [5.74, 6) is -0.991. The number of aryl methyl sites for hydroxylation is 1. The first-order valence-corrected chi connectivity index (χ1v) is 6.50. The molecule has 5 nitrogen and oxygen atoms in total. The second kappa shape index (κ2) is 4.64. The minimum atomic E-state index is -4.55. The summed E-state index contributed by atoms with van der Waals surface area (Å²) in [6.07, 6.45) is -3.93. The average molecular weight is 297 g/mol. The molecule has 3 N–H and O–H groups in total. The molecular weight excluding hydrogens is 283 g/mol. The van der Waals surface area contributed by atoms with Crippen LogP contribution in [0.15, 0.2) is 18.2 Å². The van der Waals surface area contributed by atoms with E-state index in [0.29, 0.717) is 18.7 Å². The van der Waals surface area contributed by atoms with Crippen LogP contribution in [0, 0.1) is 6.92 Å². The van der Waals surface area contributed by atoms with Crippen molar-refractivity contribution >= 4 is 11.6 Å². The van der Waals surface area contributed by atoms with Crippen LogP contribution in [-0.4, -0.2) is 21.3 Å². The van der Waals surface area contributed by atoms with E-state index >= 15 is 0 Å². The maximum absolute atomic E-state index is 12.7. The second-order valence-electron chi connectivity index (χ2n) is 5.05. The molecule has 1 aliphatic rings. The van der Waals surface area contributed by atoms with E-state index < -0.39 is 12.0 Å². The van der Waals surface area contributed by atoms with Gasteiger partial charge in [-0.1, -0.05) is 12.1 Å². The van der Waals surface area contributed by atoms with E-state index in [9.17, 15) is 13.2 Å². The first-order valence-electron chi connectivity index (χ1n) is 6.50. The summed E-state index contributed by atoms with van der Waals surface area (Å²) in [7, 11) is 0. The van der Waals surface area contributed by atoms with Crippen molar-refractivity contribution in [2.75, 3.05) is 17.6 Å². The van der Waals surface area contributed by atoms with Crippen LogP contribution >= 0.6 is 0 Å². The number of rotatable bonds is 1. The summed E-state index contributed by atoms with van der Waals surface area (Å²) in [5.41, 5.74) is 8.26. The summed E-state index contributed by atoms with van der Waals surface area (Å²) in [6, 6.07) is 5.20. The van der Waals surface area contributed by atoms with Crippen LogP contribution in [0.4, 0.5) is 24.8 Å². The van der Waals surface area contributed by atoms with E-state index in [-0.39, 0.29) is 12.0 Å². The summed E-state index contributed by atoms with van der Waals surface area (Å²) >= 11 is 0. The number of halogens is 3. The van der Waals surface area contributed by atoms with Gasteiger partial charge in [0.2, 0.25) is 5.95 Å². The predicted molar refractivity (Wildman–Crippen MR) is 71.9 cm³/mol. The van der Waals surface area contributed by atoms with Crippen LogP contribution in [0.25, 0.3) is 0 Å². The standard InChI is InChI=1S/C13H14F3N5/c1-7-2-3-8(6-9(7)17)10-4-5-18-12-19-11(13(14,15)16)20-21(10)12/h2-3,6,10H,4-5,17H2,1H3,(H,18,19,20). The van der Waals surface area contributed by atoms with Gasteiger partial charge in [-0.2, -0.15) is 18.2 Å². The minimum Gasteiger partial charge on any atom is -0.399 e. The van der Waals surface area contributed by atoms with Gasteiger partial charge in [-0.05, 0) is 30.5 Å². The van der Waals surface area contributed by atoms with Crippen LogP contribution in [-0.2, 0) is 6.18 Å². The fourth-order valence-corrected chi connectivity index (χ4v) is 2.40. The molecular formula is C13H14F3N5. The van der Waals surface area contributed by atoms with Crippen molar-refractivity contribution in [3.8, 4) is 0 Å². The van der Waals surface area contributed by atoms with Gasteiger partial charge in [0.05, 0.1) is 6.04 Å². The van der Waals surface area contributed by atoms with Crippen LogP contribution in [0.3, 0.4) is 0 Å². The van der Waals surface area contributed by atoms with Crippen LogP contribution in [0.2, 0.25) is 0 Å². The number of nitrogens with one attached hydrogen (secondary N) is 1. The molecule has 1 aromatic carbocycles. The van der Waals surface area contributed by atoms with Crippen molar-refractivity contribution in [2.24, 2.45) is 0 Å². The molecule has 1 aliphatic heterocycles. The fraction of sp³-hybridized carbons (Fsp3) is 0.385. The van der Waals surface area contributed by atoms with Gasteiger partial charge in [-0.3, -0.25) is 0 Å². The monoisotopic (exact) mass is 297 g/mol. The molecule has 1 aromatic heterocycles. The number of fused-ring (bicyclic) bond motifs is 1. The number of benzene rings is 1. The molecule has 3 rings (SSSR count). The van der Waals surface area contributed by atoms with Gasteiger partial charge in [-0.25, -0.2) is 4.68 Å². The second-order valence-corrected chi connectivity index (χ2v) is 5.05. The molecule has 21 heavy (non-hydrogen) atoms. The number of anilines is 2. The Balaban J connectivity index is 2.03. The lowest BCUT2D eigenvalue weighted by molar-refractivity contribution is -0.145. The van der Waals surface area contributed by atoms with Crippen molar-refractivity contribution in [2.45, 2.75) is 25.6 Å². The predicted octanol–water partition coefficient (Wildman–Crippen LogP) is 2.59. The maximum atomic E-state index is 12.7. The van der Waals surface area contributed by atoms with Crippen LogP contribution in [0.5, 0.6) is 0 Å². The van der Waals surface area contributed by atoms with Gasteiger partial charge in [0.15, 0.2) is 0 Å². The molecule has 2 heterocycles. The topological polar surface area (TPSA) is 68.8 Å². The Kier molecular flexibility index (Phi) is 3.03. The Morgan fingerprint density at radius 1 is 1.38 bits per heavy atom. The largest absolute Gasteiger partial charge is 0.453 e. The summed E-state index contributed by atoms with van der Waals surface area (Å²) in [5, 5.41) is 6.45. The zero-order valence-corrected chi connectivity index (χ0v) is 11.3. The maximum Gasteiger partial charge on any atom is 0.453 e. The smallest absolute Gasteiger partial charge is 0.399 e. The molecule has 112 valence electrons. The van der Waals surface area contributed by atoms with E-state index in [1.54, 1.807) is 6.07 Å². The number of nitrogens with zero attached hydrogens (tertiary/aromatic N) is 3. The van der Waals surface area contributed by atoms with Crippen molar-refractivity contribution < 1.29 is 13.2 Å². The average Bonchev–Trinajstić information content (AvgIpc) is 2.86. The Morgan fingerprint density at radius 3 is 2.81 bits per heavy atom. The Bertz CT molecular complexity index is 677. The minimum absolute atomic E-state index is 0.137. The summed E-state index contributed by atoms with van der Waals surface area (Å²) in [6.45, 7) is 2.42. The molecule has 0 fully saturated rings. The molecule has 8 heteroatoms. The number of hydrogen-bond donors (Lipinski definition) is 2. The lowest BCUT2D eigenvalue weighted by atomic mass is 10.0. The number of aromatic nitrogens is 3. The van der Waals surface area contributed by atoms with Crippen molar-refractivity contribution in [1.82, 2.24) is 14.8 Å². The van der Waals surface area contributed by atoms with Crippen molar-refractivity contribution in [3.63, 3.8) is 0 Å². The van der Waals surface area contributed by atoms with Gasteiger partial charge in [0, 0.05) is 12.2 Å². The lowest BCUT2D eigenvalue weighted by Gasteiger charge is -2.25. The molecule has 0 amide bonds. The third-order valence-corrected chi connectivity index (χ3v) is 3.57. The normalized spacial score (nSPS) is 18.2. The molecule has 0 spiro atoms. The highest BCUT2D eigenvalue weighted by Gasteiger charge is 2.38. The fourth-order valence-electron chi connectivity index (χ4n) is 2.40.